The molecular formula is C9H26N8. The van der Waals surface area contributed by atoms with Gasteiger partial charge in [-0.3, -0.25) is 0 Å². The van der Waals surface area contributed by atoms with Crippen LogP contribution in [0.3, 0.4) is 0 Å². The first-order valence-corrected chi connectivity index (χ1v) is 6.46. The van der Waals surface area contributed by atoms with Crippen molar-refractivity contribution in [1.82, 2.24) is 44.1 Å². The van der Waals surface area contributed by atoms with E-state index in [1.807, 2.05) is 0 Å². The molecule has 0 aromatic heterocycles. The van der Waals surface area contributed by atoms with Crippen molar-refractivity contribution >= 4 is 0 Å². The van der Waals surface area contributed by atoms with Crippen molar-refractivity contribution in [3.8, 4) is 0 Å². The second-order valence-electron chi connectivity index (χ2n) is 4.08. The van der Waals surface area contributed by atoms with Gasteiger partial charge in [0.1, 0.15) is 0 Å². The number of nitrogens with one attached hydrogen (secondary N) is 8. The van der Waals surface area contributed by atoms with Gasteiger partial charge in [-0.15, -0.1) is 0 Å². The Morgan fingerprint density at radius 2 is 0.706 bits per heavy atom. The lowest BCUT2D eigenvalue weighted by atomic mass is 10.1. The molecule has 0 saturated carbocycles. The van der Waals surface area contributed by atoms with Crippen molar-refractivity contribution < 1.29 is 0 Å². The third-order valence-corrected chi connectivity index (χ3v) is 2.59. The molecule has 0 aliphatic carbocycles. The van der Waals surface area contributed by atoms with Gasteiger partial charge < -0.3 is 0 Å². The summed E-state index contributed by atoms with van der Waals surface area (Å²) in [7, 11) is 0. The van der Waals surface area contributed by atoms with Gasteiger partial charge in [0.05, 0.1) is 0 Å². The summed E-state index contributed by atoms with van der Waals surface area (Å²) in [5.74, 6) is 0. The molecule has 8 N–H and O–H groups in total. The highest BCUT2D eigenvalue weighted by atomic mass is 15.9. The van der Waals surface area contributed by atoms with Crippen LogP contribution in [0.25, 0.3) is 0 Å². The summed E-state index contributed by atoms with van der Waals surface area (Å²) in [6, 6.07) is 0. The van der Waals surface area contributed by atoms with Crippen molar-refractivity contribution in [2.75, 3.05) is 13.1 Å². The summed E-state index contributed by atoms with van der Waals surface area (Å²) in [6.07, 6.45) is 9.00. The smallest absolute Gasteiger partial charge is 0.0113 e. The predicted molar refractivity (Wildman–Crippen MR) is 67.1 cm³/mol. The highest BCUT2D eigenvalue weighted by Crippen LogP contribution is 2.06. The zero-order valence-corrected chi connectivity index (χ0v) is 10.4. The van der Waals surface area contributed by atoms with Gasteiger partial charge in [-0.05, 0) is 12.8 Å². The van der Waals surface area contributed by atoms with Crippen LogP contribution in [0, 0.1) is 0 Å². The number of hydrazine groups is 7. The Morgan fingerprint density at radius 1 is 0.353 bits per heavy atom. The van der Waals surface area contributed by atoms with E-state index in [9.17, 15) is 0 Å². The van der Waals surface area contributed by atoms with Gasteiger partial charge in [0, 0.05) is 13.1 Å². The van der Waals surface area contributed by atoms with Crippen LogP contribution in [-0.2, 0) is 0 Å². The average molecular weight is 246 g/mol. The molecule has 1 rings (SSSR count). The van der Waals surface area contributed by atoms with Crippen LogP contribution in [0.4, 0.5) is 0 Å². The van der Waals surface area contributed by atoms with Crippen molar-refractivity contribution in [1.29, 1.82) is 0 Å². The first-order valence-electron chi connectivity index (χ1n) is 6.46. The molecular weight excluding hydrogens is 220 g/mol. The topological polar surface area (TPSA) is 96.2 Å². The van der Waals surface area contributed by atoms with Gasteiger partial charge in [-0.25, -0.2) is 10.9 Å². The molecule has 1 aliphatic heterocycles. The molecule has 0 amide bonds. The van der Waals surface area contributed by atoms with Crippen molar-refractivity contribution in [2.45, 2.75) is 44.9 Å². The minimum absolute atomic E-state index is 0.960. The number of hydrogen-bond acceptors (Lipinski definition) is 8. The normalized spacial score (nSPS) is 24.0. The summed E-state index contributed by atoms with van der Waals surface area (Å²) >= 11 is 0. The van der Waals surface area contributed by atoms with E-state index in [-0.39, 0.29) is 0 Å². The molecule has 1 saturated heterocycles. The standard InChI is InChI=1S/C9H26N8/c1-2-4-6-8-10-12-14-16-17-15-13-11-9-7-5-3-1/h10-17H,1-9H2. The monoisotopic (exact) mass is 246 g/mol. The molecule has 1 heterocycles. The molecule has 0 aromatic rings. The molecule has 1 aliphatic rings. The second kappa shape index (κ2) is 12.1. The summed E-state index contributed by atoms with van der Waals surface area (Å²) < 4.78 is 0. The quantitative estimate of drug-likeness (QED) is 0.272. The number of hydrogen-bond donors (Lipinski definition) is 8. The Kier molecular flexibility index (Phi) is 10.5. The molecule has 0 radical (unpaired) electrons. The molecule has 0 atom stereocenters. The maximum atomic E-state index is 3.05. The zero-order valence-electron chi connectivity index (χ0n) is 10.4. The van der Waals surface area contributed by atoms with Gasteiger partial charge in [-0.2, -0.15) is 33.2 Å². The first kappa shape index (κ1) is 14.7. The summed E-state index contributed by atoms with van der Waals surface area (Å²) in [4.78, 5) is 0. The van der Waals surface area contributed by atoms with Crippen LogP contribution in [0.5, 0.6) is 0 Å². The Labute approximate surface area is 103 Å². The van der Waals surface area contributed by atoms with Gasteiger partial charge in [0.2, 0.25) is 0 Å². The van der Waals surface area contributed by atoms with E-state index in [1.165, 1.54) is 44.9 Å². The zero-order chi connectivity index (χ0) is 12.0. The SMILES string of the molecule is C1CCCCNNNNNNNNCCCC1. The second-order valence-corrected chi connectivity index (χ2v) is 4.08. The van der Waals surface area contributed by atoms with E-state index in [0.29, 0.717) is 0 Å². The maximum absolute atomic E-state index is 3.05. The summed E-state index contributed by atoms with van der Waals surface area (Å²) in [6.45, 7) is 1.92. The third-order valence-electron chi connectivity index (χ3n) is 2.59. The molecule has 0 bridgehead atoms. The molecule has 102 valence electrons. The van der Waals surface area contributed by atoms with E-state index in [0.717, 1.165) is 13.1 Å². The van der Waals surface area contributed by atoms with Gasteiger partial charge in [0.15, 0.2) is 0 Å². The first-order chi connectivity index (χ1) is 8.50. The van der Waals surface area contributed by atoms with Crippen LogP contribution >= 0.6 is 0 Å². The van der Waals surface area contributed by atoms with Crippen LogP contribution in [0.2, 0.25) is 0 Å². The molecule has 0 unspecified atom stereocenters. The fourth-order valence-corrected chi connectivity index (χ4v) is 1.65. The lowest BCUT2D eigenvalue weighted by molar-refractivity contribution is 0.255. The Balaban J connectivity index is 2.01. The average Bonchev–Trinajstić information content (AvgIpc) is 2.35. The van der Waals surface area contributed by atoms with Gasteiger partial charge >= 0.3 is 0 Å². The van der Waals surface area contributed by atoms with E-state index in [4.69, 9.17) is 0 Å². The largest absolute Gasteiger partial charge is 0.243 e. The van der Waals surface area contributed by atoms with Crippen LogP contribution < -0.4 is 44.1 Å². The number of rotatable bonds is 0. The van der Waals surface area contributed by atoms with E-state index >= 15 is 0 Å². The van der Waals surface area contributed by atoms with Crippen molar-refractivity contribution in [3.05, 3.63) is 0 Å². The maximum Gasteiger partial charge on any atom is 0.0113 e. The predicted octanol–water partition coefficient (Wildman–Crippen LogP) is -1.15. The van der Waals surface area contributed by atoms with Crippen molar-refractivity contribution in [3.63, 3.8) is 0 Å². The third kappa shape index (κ3) is 10.5. The molecule has 1 fully saturated rings. The summed E-state index contributed by atoms with van der Waals surface area (Å²) in [5.41, 5.74) is 22.6. The lowest BCUT2D eigenvalue weighted by Crippen LogP contribution is -2.63. The fraction of sp³-hybridized carbons (Fsp3) is 1.00. The molecule has 0 spiro atoms. The van der Waals surface area contributed by atoms with Crippen LogP contribution in [-0.4, -0.2) is 13.1 Å². The van der Waals surface area contributed by atoms with E-state index in [2.05, 4.69) is 44.1 Å². The summed E-state index contributed by atoms with van der Waals surface area (Å²) in [5, 5.41) is 0. The highest BCUT2D eigenvalue weighted by Gasteiger charge is 1.93. The van der Waals surface area contributed by atoms with E-state index < -0.39 is 0 Å². The lowest BCUT2D eigenvalue weighted by Gasteiger charge is -2.12. The van der Waals surface area contributed by atoms with Gasteiger partial charge in [-0.1, -0.05) is 32.1 Å². The Hall–Kier alpha value is -0.320. The molecule has 17 heavy (non-hydrogen) atoms. The molecule has 8 nitrogen and oxygen atoms in total. The Morgan fingerprint density at radius 3 is 1.18 bits per heavy atom. The van der Waals surface area contributed by atoms with Gasteiger partial charge in [0.25, 0.3) is 0 Å². The van der Waals surface area contributed by atoms with Crippen molar-refractivity contribution in [2.24, 2.45) is 0 Å². The minimum atomic E-state index is 0.960. The Bertz CT molecular complexity index is 86.4. The molecule has 8 heteroatoms. The van der Waals surface area contributed by atoms with Crippen LogP contribution in [0.1, 0.15) is 44.9 Å². The highest BCUT2D eigenvalue weighted by molar-refractivity contribution is 4.48. The minimum Gasteiger partial charge on any atom is -0.243 e. The molecule has 0 aromatic carbocycles. The van der Waals surface area contributed by atoms with Crippen LogP contribution in [0.15, 0.2) is 0 Å². The van der Waals surface area contributed by atoms with E-state index in [1.54, 1.807) is 0 Å². The fourth-order valence-electron chi connectivity index (χ4n) is 1.65.